The number of hydrogen-bond donors (Lipinski definition) is 0. The monoisotopic (exact) mass is 370 g/mol. The first-order valence-corrected chi connectivity index (χ1v) is 8.44. The number of benzene rings is 2. The Labute approximate surface area is 157 Å². The summed E-state index contributed by atoms with van der Waals surface area (Å²) in [6.07, 6.45) is 1.33. The third-order valence-electron chi connectivity index (χ3n) is 4.17. The van der Waals surface area contributed by atoms with Crippen LogP contribution in [0.2, 0.25) is 0 Å². The van der Waals surface area contributed by atoms with Gasteiger partial charge in [0.15, 0.2) is 17.3 Å². The molecule has 0 atom stereocenters. The van der Waals surface area contributed by atoms with E-state index in [1.165, 1.54) is 0 Å². The van der Waals surface area contributed by atoms with Gasteiger partial charge in [-0.3, -0.25) is 0 Å². The molecule has 0 radical (unpaired) electrons. The predicted molar refractivity (Wildman–Crippen MR) is 99.8 cm³/mol. The molecule has 0 N–H and O–H groups in total. The molecule has 2 aromatic carbocycles. The lowest BCUT2D eigenvalue weighted by molar-refractivity contribution is 0.324. The highest BCUT2D eigenvalue weighted by atomic mass is 16.5. The minimum absolute atomic E-state index is 0.484. The molecule has 1 aromatic heterocycles. The molecule has 3 aromatic rings. The first-order chi connectivity index (χ1) is 13.2. The van der Waals surface area contributed by atoms with Gasteiger partial charge in [-0.15, -0.1) is 0 Å². The summed E-state index contributed by atoms with van der Waals surface area (Å²) in [5.41, 5.74) is 1.88. The molecule has 0 saturated carbocycles. The SMILES string of the molecule is COc1ccc(-c2nc(CCc3cc(OC)c(OC)c(OC)c3)no2)cc1. The largest absolute Gasteiger partial charge is 0.497 e. The molecule has 0 amide bonds. The van der Waals surface area contributed by atoms with E-state index >= 15 is 0 Å². The lowest BCUT2D eigenvalue weighted by atomic mass is 10.1. The zero-order chi connectivity index (χ0) is 19.2. The highest BCUT2D eigenvalue weighted by molar-refractivity contribution is 5.55. The van der Waals surface area contributed by atoms with E-state index in [-0.39, 0.29) is 0 Å². The molecule has 7 heteroatoms. The molecule has 0 aliphatic rings. The second-order valence-electron chi connectivity index (χ2n) is 5.78. The van der Waals surface area contributed by atoms with Gasteiger partial charge in [-0.1, -0.05) is 5.16 Å². The third kappa shape index (κ3) is 4.13. The number of nitrogens with zero attached hydrogens (tertiary/aromatic N) is 2. The quantitative estimate of drug-likeness (QED) is 0.600. The molecule has 142 valence electrons. The van der Waals surface area contributed by atoms with E-state index in [4.69, 9.17) is 23.5 Å². The van der Waals surface area contributed by atoms with Gasteiger partial charge >= 0.3 is 0 Å². The summed E-state index contributed by atoms with van der Waals surface area (Å²) in [5.74, 6) is 3.72. The van der Waals surface area contributed by atoms with Crippen LogP contribution in [-0.4, -0.2) is 38.6 Å². The average Bonchev–Trinajstić information content (AvgIpc) is 3.20. The first-order valence-electron chi connectivity index (χ1n) is 8.44. The van der Waals surface area contributed by atoms with Gasteiger partial charge in [0.05, 0.1) is 28.4 Å². The van der Waals surface area contributed by atoms with E-state index in [0.29, 0.717) is 41.8 Å². The van der Waals surface area contributed by atoms with Crippen LogP contribution in [0.25, 0.3) is 11.5 Å². The Balaban J connectivity index is 1.73. The van der Waals surface area contributed by atoms with Crippen LogP contribution in [0.3, 0.4) is 0 Å². The van der Waals surface area contributed by atoms with Crippen molar-refractivity contribution in [2.24, 2.45) is 0 Å². The summed E-state index contributed by atoms with van der Waals surface area (Å²) in [5, 5.41) is 4.06. The Morgan fingerprint density at radius 2 is 1.48 bits per heavy atom. The van der Waals surface area contributed by atoms with E-state index < -0.39 is 0 Å². The van der Waals surface area contributed by atoms with Crippen molar-refractivity contribution in [2.75, 3.05) is 28.4 Å². The van der Waals surface area contributed by atoms with Crippen molar-refractivity contribution >= 4 is 0 Å². The zero-order valence-electron chi connectivity index (χ0n) is 15.8. The standard InChI is InChI=1S/C20H22N2O5/c1-23-15-8-6-14(7-9-15)20-21-18(22-27-20)10-5-13-11-16(24-2)19(26-4)17(12-13)25-3/h6-9,11-12H,5,10H2,1-4H3. The molecule has 0 aliphatic heterocycles. The Morgan fingerprint density at radius 1 is 0.815 bits per heavy atom. The summed E-state index contributed by atoms with van der Waals surface area (Å²) in [6, 6.07) is 11.3. The minimum Gasteiger partial charge on any atom is -0.497 e. The van der Waals surface area contributed by atoms with E-state index in [9.17, 15) is 0 Å². The average molecular weight is 370 g/mol. The topological polar surface area (TPSA) is 75.8 Å². The van der Waals surface area contributed by atoms with Crippen molar-refractivity contribution < 1.29 is 23.5 Å². The van der Waals surface area contributed by atoms with Crippen molar-refractivity contribution in [3.63, 3.8) is 0 Å². The molecule has 27 heavy (non-hydrogen) atoms. The number of hydrogen-bond acceptors (Lipinski definition) is 7. The van der Waals surface area contributed by atoms with Crippen LogP contribution in [0, 0.1) is 0 Å². The molecule has 3 rings (SSSR count). The van der Waals surface area contributed by atoms with Crippen LogP contribution in [0.1, 0.15) is 11.4 Å². The summed E-state index contributed by atoms with van der Waals surface area (Å²) in [7, 11) is 6.41. The highest BCUT2D eigenvalue weighted by Crippen LogP contribution is 2.38. The highest BCUT2D eigenvalue weighted by Gasteiger charge is 2.14. The van der Waals surface area contributed by atoms with Gasteiger partial charge in [-0.25, -0.2) is 0 Å². The maximum Gasteiger partial charge on any atom is 0.257 e. The number of methoxy groups -OCH3 is 4. The smallest absolute Gasteiger partial charge is 0.257 e. The fraction of sp³-hybridized carbons (Fsp3) is 0.300. The zero-order valence-corrected chi connectivity index (χ0v) is 15.8. The van der Waals surface area contributed by atoms with E-state index in [1.54, 1.807) is 28.4 Å². The number of rotatable bonds is 8. The minimum atomic E-state index is 0.484. The third-order valence-corrected chi connectivity index (χ3v) is 4.17. The first kappa shape index (κ1) is 18.6. The second-order valence-corrected chi connectivity index (χ2v) is 5.78. The van der Waals surface area contributed by atoms with Crippen LogP contribution in [0.5, 0.6) is 23.0 Å². The van der Waals surface area contributed by atoms with Crippen LogP contribution < -0.4 is 18.9 Å². The van der Waals surface area contributed by atoms with Gasteiger partial charge in [-0.2, -0.15) is 4.98 Å². The van der Waals surface area contributed by atoms with Crippen molar-refractivity contribution in [2.45, 2.75) is 12.8 Å². The van der Waals surface area contributed by atoms with E-state index in [2.05, 4.69) is 10.1 Å². The number of ether oxygens (including phenoxy) is 4. The summed E-state index contributed by atoms with van der Waals surface area (Å²) in [6.45, 7) is 0. The molecule has 0 unspecified atom stereocenters. The second kappa shape index (κ2) is 8.44. The Morgan fingerprint density at radius 3 is 2.04 bits per heavy atom. The molecular weight excluding hydrogens is 348 g/mol. The van der Waals surface area contributed by atoms with Crippen molar-refractivity contribution in [3.05, 3.63) is 47.8 Å². The fourth-order valence-corrected chi connectivity index (χ4v) is 2.74. The van der Waals surface area contributed by atoms with Gasteiger partial charge in [0.2, 0.25) is 5.75 Å². The lowest BCUT2D eigenvalue weighted by Gasteiger charge is -2.13. The molecule has 0 aliphatic carbocycles. The molecule has 0 bridgehead atoms. The van der Waals surface area contributed by atoms with E-state index in [0.717, 1.165) is 16.9 Å². The van der Waals surface area contributed by atoms with Crippen LogP contribution in [-0.2, 0) is 12.8 Å². The summed E-state index contributed by atoms with van der Waals surface area (Å²) >= 11 is 0. The maximum absolute atomic E-state index is 5.39. The molecule has 7 nitrogen and oxygen atoms in total. The van der Waals surface area contributed by atoms with E-state index in [1.807, 2.05) is 36.4 Å². The van der Waals surface area contributed by atoms with Crippen LogP contribution in [0.4, 0.5) is 0 Å². The van der Waals surface area contributed by atoms with Crippen molar-refractivity contribution in [1.29, 1.82) is 0 Å². The summed E-state index contributed by atoms with van der Waals surface area (Å²) in [4.78, 5) is 4.46. The molecule has 0 saturated heterocycles. The van der Waals surface area contributed by atoms with Crippen molar-refractivity contribution in [3.8, 4) is 34.5 Å². The van der Waals surface area contributed by atoms with Gasteiger partial charge in [0, 0.05) is 12.0 Å². The lowest BCUT2D eigenvalue weighted by Crippen LogP contribution is -1.99. The number of aromatic nitrogens is 2. The Hall–Kier alpha value is -3.22. The van der Waals surface area contributed by atoms with Gasteiger partial charge in [-0.05, 0) is 48.4 Å². The van der Waals surface area contributed by atoms with Crippen LogP contribution >= 0.6 is 0 Å². The normalized spacial score (nSPS) is 10.5. The molecule has 1 heterocycles. The number of aryl methyl sites for hydroxylation is 2. The molecule has 0 spiro atoms. The van der Waals surface area contributed by atoms with Crippen LogP contribution in [0.15, 0.2) is 40.9 Å². The van der Waals surface area contributed by atoms with Gasteiger partial charge in [0.1, 0.15) is 5.75 Å². The fourth-order valence-electron chi connectivity index (χ4n) is 2.74. The van der Waals surface area contributed by atoms with Gasteiger partial charge < -0.3 is 23.5 Å². The predicted octanol–water partition coefficient (Wildman–Crippen LogP) is 3.56. The molecule has 0 fully saturated rings. The van der Waals surface area contributed by atoms with Gasteiger partial charge in [0.25, 0.3) is 5.89 Å². The Bertz CT molecular complexity index is 865. The molecular formula is C20H22N2O5. The maximum atomic E-state index is 5.39. The Kier molecular flexibility index (Phi) is 5.80. The van der Waals surface area contributed by atoms with Crippen molar-refractivity contribution in [1.82, 2.24) is 10.1 Å². The summed E-state index contributed by atoms with van der Waals surface area (Å²) < 4.78 is 26.6.